The lowest BCUT2D eigenvalue weighted by atomic mass is 10.4. The summed E-state index contributed by atoms with van der Waals surface area (Å²) in [6.45, 7) is 2.80. The van der Waals surface area contributed by atoms with Crippen molar-refractivity contribution >= 4 is 0 Å². The molecule has 0 saturated carbocycles. The first-order chi connectivity index (χ1) is 4.34. The fraction of sp³-hybridized carbons (Fsp3) is 0.500. The minimum absolute atomic E-state index is 0.387. The van der Waals surface area contributed by atoms with Gasteiger partial charge in [0.25, 0.3) is 5.95 Å². The SMILES string of the molecule is CC(C#N)=C1OCCO1. The number of hydrogen-bond donors (Lipinski definition) is 0. The van der Waals surface area contributed by atoms with Gasteiger partial charge in [0.05, 0.1) is 0 Å². The summed E-state index contributed by atoms with van der Waals surface area (Å²) in [4.78, 5) is 0. The van der Waals surface area contributed by atoms with E-state index in [-0.39, 0.29) is 0 Å². The predicted molar refractivity (Wildman–Crippen MR) is 30.2 cm³/mol. The standard InChI is InChI=1S/C6H7NO2/c1-5(4-7)6-8-2-3-9-6/h2-3H2,1H3. The van der Waals surface area contributed by atoms with Crippen molar-refractivity contribution in [2.24, 2.45) is 0 Å². The lowest BCUT2D eigenvalue weighted by molar-refractivity contribution is 0.172. The highest BCUT2D eigenvalue weighted by Crippen LogP contribution is 2.11. The Morgan fingerprint density at radius 1 is 1.56 bits per heavy atom. The summed E-state index contributed by atoms with van der Waals surface area (Å²) in [5, 5.41) is 8.33. The molecule has 9 heavy (non-hydrogen) atoms. The third-order valence-electron chi connectivity index (χ3n) is 1.02. The number of nitriles is 1. The fourth-order valence-corrected chi connectivity index (χ4v) is 0.573. The summed E-state index contributed by atoms with van der Waals surface area (Å²) in [5.41, 5.74) is 0.507. The van der Waals surface area contributed by atoms with E-state index in [0.29, 0.717) is 24.7 Å². The molecule has 1 aliphatic heterocycles. The lowest BCUT2D eigenvalue weighted by Crippen LogP contribution is -1.84. The minimum Gasteiger partial charge on any atom is -0.461 e. The van der Waals surface area contributed by atoms with Crippen LogP contribution in [0.15, 0.2) is 11.5 Å². The smallest absolute Gasteiger partial charge is 0.293 e. The van der Waals surface area contributed by atoms with Crippen LogP contribution >= 0.6 is 0 Å². The highest BCUT2D eigenvalue weighted by Gasteiger charge is 2.11. The zero-order valence-electron chi connectivity index (χ0n) is 5.18. The average molecular weight is 125 g/mol. The maximum Gasteiger partial charge on any atom is 0.293 e. The Hall–Kier alpha value is -1.17. The molecule has 0 aromatic heterocycles. The zero-order chi connectivity index (χ0) is 6.69. The Labute approximate surface area is 53.5 Å². The van der Waals surface area contributed by atoms with E-state index in [0.717, 1.165) is 0 Å². The quantitative estimate of drug-likeness (QED) is 0.449. The Bertz CT molecular complexity index is 170. The molecule has 0 atom stereocenters. The van der Waals surface area contributed by atoms with Gasteiger partial charge in [-0.25, -0.2) is 0 Å². The zero-order valence-corrected chi connectivity index (χ0v) is 5.18. The summed E-state index contributed by atoms with van der Waals surface area (Å²) < 4.78 is 9.88. The van der Waals surface area contributed by atoms with Crippen molar-refractivity contribution < 1.29 is 9.47 Å². The molecule has 1 aliphatic rings. The monoisotopic (exact) mass is 125 g/mol. The topological polar surface area (TPSA) is 42.2 Å². The van der Waals surface area contributed by atoms with Gasteiger partial charge >= 0.3 is 0 Å². The Morgan fingerprint density at radius 3 is 2.56 bits per heavy atom. The number of ether oxygens (including phenoxy) is 2. The first-order valence-corrected chi connectivity index (χ1v) is 2.71. The third-order valence-corrected chi connectivity index (χ3v) is 1.02. The van der Waals surface area contributed by atoms with Gasteiger partial charge in [0, 0.05) is 0 Å². The van der Waals surface area contributed by atoms with Gasteiger partial charge in [-0.15, -0.1) is 0 Å². The second-order valence-corrected chi connectivity index (χ2v) is 1.72. The van der Waals surface area contributed by atoms with Crippen LogP contribution < -0.4 is 0 Å². The van der Waals surface area contributed by atoms with Gasteiger partial charge in [-0.05, 0) is 6.92 Å². The van der Waals surface area contributed by atoms with Crippen molar-refractivity contribution in [3.05, 3.63) is 11.5 Å². The minimum atomic E-state index is 0.387. The van der Waals surface area contributed by atoms with E-state index in [9.17, 15) is 0 Å². The van der Waals surface area contributed by atoms with Gasteiger partial charge in [0.1, 0.15) is 24.9 Å². The Morgan fingerprint density at radius 2 is 2.11 bits per heavy atom. The first-order valence-electron chi connectivity index (χ1n) is 2.71. The van der Waals surface area contributed by atoms with E-state index < -0.39 is 0 Å². The molecule has 48 valence electrons. The van der Waals surface area contributed by atoms with E-state index in [1.54, 1.807) is 6.92 Å². The molecule has 0 aliphatic carbocycles. The molecule has 3 nitrogen and oxygen atoms in total. The number of allylic oxidation sites excluding steroid dienone is 1. The third kappa shape index (κ3) is 1.14. The van der Waals surface area contributed by atoms with Crippen LogP contribution in [0.2, 0.25) is 0 Å². The van der Waals surface area contributed by atoms with Gasteiger partial charge in [-0.3, -0.25) is 0 Å². The van der Waals surface area contributed by atoms with E-state index in [1.807, 2.05) is 6.07 Å². The van der Waals surface area contributed by atoms with Crippen LogP contribution in [0.4, 0.5) is 0 Å². The molecule has 0 radical (unpaired) electrons. The second kappa shape index (κ2) is 2.40. The predicted octanol–water partition coefficient (Wildman–Crippen LogP) is 0.788. The molecule has 1 fully saturated rings. The van der Waals surface area contributed by atoms with Crippen LogP contribution in [-0.4, -0.2) is 13.2 Å². The average Bonchev–Trinajstić information content (AvgIpc) is 2.37. The maximum absolute atomic E-state index is 8.33. The Kier molecular flexibility index (Phi) is 1.59. The highest BCUT2D eigenvalue weighted by molar-refractivity contribution is 5.19. The molecule has 3 heteroatoms. The lowest BCUT2D eigenvalue weighted by Gasteiger charge is -1.94. The number of rotatable bonds is 0. The Balaban J connectivity index is 2.70. The van der Waals surface area contributed by atoms with Crippen LogP contribution in [0.25, 0.3) is 0 Å². The normalized spacial score (nSPS) is 15.8. The number of hydrogen-bond acceptors (Lipinski definition) is 3. The molecule has 0 amide bonds. The van der Waals surface area contributed by atoms with Crippen molar-refractivity contribution in [1.82, 2.24) is 0 Å². The van der Waals surface area contributed by atoms with E-state index in [4.69, 9.17) is 14.7 Å². The molecule has 0 unspecified atom stereocenters. The first kappa shape index (κ1) is 5.96. The molecule has 1 rings (SSSR count). The van der Waals surface area contributed by atoms with Crippen molar-refractivity contribution in [2.75, 3.05) is 13.2 Å². The molecular formula is C6H7NO2. The van der Waals surface area contributed by atoms with Crippen LogP contribution in [0.3, 0.4) is 0 Å². The van der Waals surface area contributed by atoms with Crippen LogP contribution in [0.5, 0.6) is 0 Å². The van der Waals surface area contributed by atoms with Gasteiger partial charge in [0.2, 0.25) is 0 Å². The number of nitrogens with zero attached hydrogens (tertiary/aromatic N) is 1. The molecular weight excluding hydrogens is 118 g/mol. The molecule has 0 aromatic rings. The van der Waals surface area contributed by atoms with Gasteiger partial charge < -0.3 is 9.47 Å². The molecule has 1 saturated heterocycles. The van der Waals surface area contributed by atoms with Gasteiger partial charge in [-0.2, -0.15) is 5.26 Å². The van der Waals surface area contributed by atoms with Crippen LogP contribution in [-0.2, 0) is 9.47 Å². The summed E-state index contributed by atoms with van der Waals surface area (Å²) in [7, 11) is 0. The van der Waals surface area contributed by atoms with E-state index >= 15 is 0 Å². The highest BCUT2D eigenvalue weighted by atomic mass is 16.7. The van der Waals surface area contributed by atoms with Gasteiger partial charge in [-0.1, -0.05) is 0 Å². The van der Waals surface area contributed by atoms with Crippen molar-refractivity contribution in [2.45, 2.75) is 6.92 Å². The molecule has 1 heterocycles. The molecule has 0 aromatic carbocycles. The summed E-state index contributed by atoms with van der Waals surface area (Å²) in [6.07, 6.45) is 0. The van der Waals surface area contributed by atoms with Crippen LogP contribution in [0.1, 0.15) is 6.92 Å². The van der Waals surface area contributed by atoms with Crippen molar-refractivity contribution in [3.8, 4) is 6.07 Å². The van der Waals surface area contributed by atoms with Gasteiger partial charge in [0.15, 0.2) is 0 Å². The largest absolute Gasteiger partial charge is 0.461 e. The second-order valence-electron chi connectivity index (χ2n) is 1.72. The molecule has 0 N–H and O–H groups in total. The molecule has 0 spiro atoms. The van der Waals surface area contributed by atoms with Crippen LogP contribution in [0, 0.1) is 11.3 Å². The summed E-state index contributed by atoms with van der Waals surface area (Å²) >= 11 is 0. The van der Waals surface area contributed by atoms with Crippen molar-refractivity contribution in [1.29, 1.82) is 5.26 Å². The van der Waals surface area contributed by atoms with E-state index in [2.05, 4.69) is 0 Å². The van der Waals surface area contributed by atoms with E-state index in [1.165, 1.54) is 0 Å². The molecule has 0 bridgehead atoms. The maximum atomic E-state index is 8.33. The fourth-order valence-electron chi connectivity index (χ4n) is 0.573. The summed E-state index contributed by atoms with van der Waals surface area (Å²) in [6, 6.07) is 1.94. The summed E-state index contributed by atoms with van der Waals surface area (Å²) in [5.74, 6) is 0.387. The van der Waals surface area contributed by atoms with Crippen molar-refractivity contribution in [3.63, 3.8) is 0 Å².